The van der Waals surface area contributed by atoms with Gasteiger partial charge in [-0.15, -0.1) is 0 Å². The maximum absolute atomic E-state index is 10.1. The zero-order valence-corrected chi connectivity index (χ0v) is 12.9. The summed E-state index contributed by atoms with van der Waals surface area (Å²) in [6, 6.07) is 0. The maximum atomic E-state index is 10.1. The van der Waals surface area contributed by atoms with Crippen LogP contribution < -0.4 is 0 Å². The number of hydrogen-bond acceptors (Lipinski definition) is 6. The Balaban J connectivity index is -0.000000845. The fraction of sp³-hybridized carbons (Fsp3) is 0.667. The molecule has 84 valence electrons. The largest absolute Gasteiger partial charge is 0.481 e. The Labute approximate surface area is 134 Å². The summed E-state index contributed by atoms with van der Waals surface area (Å²) < 4.78 is 0. The van der Waals surface area contributed by atoms with E-state index in [1.165, 1.54) is 0 Å². The molecule has 0 saturated heterocycles. The van der Waals surface area contributed by atoms with Crippen molar-refractivity contribution < 1.29 is 40.2 Å². The van der Waals surface area contributed by atoms with Crippen molar-refractivity contribution >= 4 is 71.1 Å². The third-order valence-electron chi connectivity index (χ3n) is 1.54. The van der Waals surface area contributed by atoms with E-state index in [9.17, 15) is 9.59 Å². The van der Waals surface area contributed by atoms with Crippen LogP contribution in [0.1, 0.15) is 12.8 Å². The quantitative estimate of drug-likeness (QED) is 0.219. The van der Waals surface area contributed by atoms with Crippen molar-refractivity contribution in [3.8, 4) is 0 Å². The Morgan fingerprint density at radius 3 is 1.56 bits per heavy atom. The van der Waals surface area contributed by atoms with E-state index in [1.807, 2.05) is 0 Å². The second-order valence-corrected chi connectivity index (χ2v) is 2.69. The number of carbonyl (C=O) groups is 2. The minimum Gasteiger partial charge on any atom is -0.481 e. The van der Waals surface area contributed by atoms with Gasteiger partial charge in [0.1, 0.15) is 0 Å². The standard InChI is InChI=1S/C6H10O8.2Na/c7-3(8)1-2-5(11,12)6(13,14)4(9)10;;/h11-14H,1-2H2,(H,7,8)(H,9,10);;. The van der Waals surface area contributed by atoms with Gasteiger partial charge in [0, 0.05) is 65.5 Å². The van der Waals surface area contributed by atoms with E-state index in [-0.39, 0.29) is 59.1 Å². The molecule has 0 aliphatic carbocycles. The predicted molar refractivity (Wildman–Crippen MR) is 50.4 cm³/mol. The second kappa shape index (κ2) is 7.98. The van der Waals surface area contributed by atoms with Gasteiger partial charge in [-0.3, -0.25) is 4.79 Å². The van der Waals surface area contributed by atoms with Gasteiger partial charge >= 0.3 is 17.7 Å². The molecule has 16 heavy (non-hydrogen) atoms. The molecule has 0 aliphatic rings. The van der Waals surface area contributed by atoms with E-state index in [4.69, 9.17) is 30.6 Å². The smallest absolute Gasteiger partial charge is 0.370 e. The van der Waals surface area contributed by atoms with Crippen LogP contribution in [0.2, 0.25) is 0 Å². The van der Waals surface area contributed by atoms with Crippen LogP contribution in [0.25, 0.3) is 0 Å². The average molecular weight is 256 g/mol. The van der Waals surface area contributed by atoms with Crippen LogP contribution in [0.4, 0.5) is 0 Å². The maximum Gasteiger partial charge on any atom is 0.370 e. The van der Waals surface area contributed by atoms with Gasteiger partial charge in [0.05, 0.1) is 6.42 Å². The first-order chi connectivity index (χ1) is 6.11. The first-order valence-corrected chi connectivity index (χ1v) is 3.46. The van der Waals surface area contributed by atoms with Crippen LogP contribution >= 0.6 is 0 Å². The summed E-state index contributed by atoms with van der Waals surface area (Å²) in [4.78, 5) is 20.2. The van der Waals surface area contributed by atoms with Crippen molar-refractivity contribution in [2.45, 2.75) is 24.4 Å². The molecule has 2 radical (unpaired) electrons. The molecular formula is C6H10Na2O8. The summed E-state index contributed by atoms with van der Waals surface area (Å²) in [5.41, 5.74) is 0. The van der Waals surface area contributed by atoms with Crippen molar-refractivity contribution in [2.24, 2.45) is 0 Å². The number of carboxylic acids is 2. The van der Waals surface area contributed by atoms with Crippen molar-refractivity contribution in [1.82, 2.24) is 0 Å². The van der Waals surface area contributed by atoms with Gasteiger partial charge < -0.3 is 30.6 Å². The number of carboxylic acid groups (broad SMARTS) is 2. The van der Waals surface area contributed by atoms with Gasteiger partial charge in [-0.1, -0.05) is 0 Å². The minimum absolute atomic E-state index is 0. The summed E-state index contributed by atoms with van der Waals surface area (Å²) in [5.74, 6) is -10.9. The Bertz CT molecular complexity index is 251. The van der Waals surface area contributed by atoms with Crippen LogP contribution in [-0.4, -0.2) is 113 Å². The Kier molecular flexibility index (Phi) is 11.0. The molecule has 0 heterocycles. The molecule has 0 atom stereocenters. The topological polar surface area (TPSA) is 156 Å². The number of hydrogen-bond donors (Lipinski definition) is 6. The van der Waals surface area contributed by atoms with Crippen LogP contribution in [0.15, 0.2) is 0 Å². The molecule has 0 amide bonds. The van der Waals surface area contributed by atoms with Gasteiger partial charge in [0.25, 0.3) is 0 Å². The van der Waals surface area contributed by atoms with Crippen molar-refractivity contribution in [3.63, 3.8) is 0 Å². The zero-order valence-electron chi connectivity index (χ0n) is 8.91. The van der Waals surface area contributed by atoms with Crippen molar-refractivity contribution in [1.29, 1.82) is 0 Å². The van der Waals surface area contributed by atoms with E-state index in [2.05, 4.69) is 0 Å². The molecule has 0 saturated carbocycles. The fourth-order valence-electron chi connectivity index (χ4n) is 0.627. The monoisotopic (exact) mass is 256 g/mol. The van der Waals surface area contributed by atoms with E-state index in [1.54, 1.807) is 0 Å². The Morgan fingerprint density at radius 1 is 0.938 bits per heavy atom. The van der Waals surface area contributed by atoms with Crippen molar-refractivity contribution in [3.05, 3.63) is 0 Å². The SMILES string of the molecule is O=C(O)CCC(O)(O)C(O)(O)C(=O)O.[Na].[Na]. The van der Waals surface area contributed by atoms with Gasteiger partial charge in [-0.2, -0.15) is 0 Å². The predicted octanol–water partition coefficient (Wildman–Crippen LogP) is -3.46. The number of aliphatic hydroxyl groups is 4. The van der Waals surface area contributed by atoms with Crippen LogP contribution in [0.5, 0.6) is 0 Å². The van der Waals surface area contributed by atoms with Crippen molar-refractivity contribution in [2.75, 3.05) is 0 Å². The molecule has 0 spiro atoms. The third kappa shape index (κ3) is 5.92. The molecule has 0 fully saturated rings. The number of rotatable bonds is 5. The summed E-state index contributed by atoms with van der Waals surface area (Å²) in [5, 5.41) is 51.5. The minimum atomic E-state index is -3.80. The van der Waals surface area contributed by atoms with Gasteiger partial charge in [0.15, 0.2) is 0 Å². The summed E-state index contributed by atoms with van der Waals surface area (Å²) in [7, 11) is 0. The number of aliphatic carboxylic acids is 2. The Morgan fingerprint density at radius 2 is 1.31 bits per heavy atom. The van der Waals surface area contributed by atoms with E-state index in [0.717, 1.165) is 0 Å². The van der Waals surface area contributed by atoms with Gasteiger partial charge in [-0.25, -0.2) is 4.79 Å². The molecule has 0 bridgehead atoms. The Hall–Kier alpha value is 0.780. The molecule has 0 unspecified atom stereocenters. The van der Waals surface area contributed by atoms with E-state index >= 15 is 0 Å². The van der Waals surface area contributed by atoms with E-state index in [0.29, 0.717) is 0 Å². The second-order valence-electron chi connectivity index (χ2n) is 2.69. The molecule has 0 aromatic heterocycles. The molecule has 0 aliphatic heterocycles. The average Bonchev–Trinajstić information content (AvgIpc) is 2.00. The molecular weight excluding hydrogens is 246 g/mol. The first kappa shape index (κ1) is 22.0. The van der Waals surface area contributed by atoms with Crippen LogP contribution in [-0.2, 0) is 9.59 Å². The summed E-state index contributed by atoms with van der Waals surface area (Å²) in [6.07, 6.45) is -1.84. The zero-order chi connectivity index (χ0) is 11.6. The molecule has 6 N–H and O–H groups in total. The fourth-order valence-corrected chi connectivity index (χ4v) is 0.627. The normalized spacial score (nSPS) is 11.0. The summed E-state index contributed by atoms with van der Waals surface area (Å²) in [6.45, 7) is 0. The molecule has 0 aromatic carbocycles. The molecule has 0 aromatic rings. The van der Waals surface area contributed by atoms with E-state index < -0.39 is 36.4 Å². The molecule has 10 heteroatoms. The summed E-state index contributed by atoms with van der Waals surface area (Å²) >= 11 is 0. The third-order valence-corrected chi connectivity index (χ3v) is 1.54. The molecule has 0 rings (SSSR count). The molecule has 8 nitrogen and oxygen atoms in total. The van der Waals surface area contributed by atoms with Gasteiger partial charge in [0.2, 0.25) is 5.79 Å². The van der Waals surface area contributed by atoms with Crippen LogP contribution in [0.3, 0.4) is 0 Å². The van der Waals surface area contributed by atoms with Crippen LogP contribution in [0, 0.1) is 0 Å². The van der Waals surface area contributed by atoms with Gasteiger partial charge in [-0.05, 0) is 0 Å². The first-order valence-electron chi connectivity index (χ1n) is 3.46.